The average molecular weight is 365 g/mol. The predicted molar refractivity (Wildman–Crippen MR) is 105 cm³/mol. The summed E-state index contributed by atoms with van der Waals surface area (Å²) in [5.41, 5.74) is 1.04. The van der Waals surface area contributed by atoms with Gasteiger partial charge in [-0.3, -0.25) is 4.79 Å². The fourth-order valence-electron chi connectivity index (χ4n) is 3.56. The van der Waals surface area contributed by atoms with Crippen LogP contribution in [0.3, 0.4) is 0 Å². The quantitative estimate of drug-likeness (QED) is 0.440. The van der Waals surface area contributed by atoms with Crippen LogP contribution < -0.4 is 20.7 Å². The first-order valence-corrected chi connectivity index (χ1v) is 8.67. The molecule has 0 bridgehead atoms. The zero-order chi connectivity index (χ0) is 19.3. The van der Waals surface area contributed by atoms with Crippen LogP contribution in [0.5, 0.6) is 11.5 Å². The summed E-state index contributed by atoms with van der Waals surface area (Å²) in [5.74, 6) is 1.09. The third kappa shape index (κ3) is 2.65. The minimum atomic E-state index is -0.460. The number of benzene rings is 2. The zero-order valence-electron chi connectivity index (χ0n) is 15.5. The maximum absolute atomic E-state index is 12.8. The number of hydrogen-bond donors (Lipinski definition) is 1. The summed E-state index contributed by atoms with van der Waals surface area (Å²) in [6, 6.07) is 8.51. The Kier molecular flexibility index (Phi) is 3.91. The third-order valence-electron chi connectivity index (χ3n) is 4.53. The SMILES string of the molecule is COc1c(OC(C)C)ccc2oc(=O)c3c(ccc4[nH]c(=O)cc(C)c43)c12. The van der Waals surface area contributed by atoms with Crippen LogP contribution in [0.15, 0.2) is 44.3 Å². The van der Waals surface area contributed by atoms with Gasteiger partial charge in [-0.2, -0.15) is 0 Å². The van der Waals surface area contributed by atoms with Gasteiger partial charge in [-0.1, -0.05) is 6.07 Å². The van der Waals surface area contributed by atoms with Crippen LogP contribution in [0.25, 0.3) is 32.6 Å². The summed E-state index contributed by atoms with van der Waals surface area (Å²) in [4.78, 5) is 27.3. The molecule has 6 nitrogen and oxygen atoms in total. The number of aromatic nitrogens is 1. The molecule has 4 rings (SSSR count). The summed E-state index contributed by atoms with van der Waals surface area (Å²) in [5, 5.41) is 2.43. The topological polar surface area (TPSA) is 81.5 Å². The third-order valence-corrected chi connectivity index (χ3v) is 4.53. The Hall–Kier alpha value is -3.28. The van der Waals surface area contributed by atoms with Crippen molar-refractivity contribution < 1.29 is 13.9 Å². The second kappa shape index (κ2) is 6.16. The predicted octanol–water partition coefficient (Wildman–Crippen LogP) is 3.89. The number of ether oxygens (including phenoxy) is 2. The monoisotopic (exact) mass is 365 g/mol. The Bertz CT molecular complexity index is 1310. The zero-order valence-corrected chi connectivity index (χ0v) is 15.5. The van der Waals surface area contributed by atoms with Crippen LogP contribution >= 0.6 is 0 Å². The van der Waals surface area contributed by atoms with Gasteiger partial charge in [0.2, 0.25) is 5.56 Å². The molecule has 0 amide bonds. The number of pyridine rings is 1. The molecule has 0 aliphatic rings. The highest BCUT2D eigenvalue weighted by atomic mass is 16.5. The number of aryl methyl sites for hydroxylation is 1. The summed E-state index contributed by atoms with van der Waals surface area (Å²) >= 11 is 0. The second-order valence-electron chi connectivity index (χ2n) is 6.75. The molecule has 138 valence electrons. The van der Waals surface area contributed by atoms with Gasteiger partial charge in [-0.05, 0) is 44.5 Å². The first-order chi connectivity index (χ1) is 12.9. The molecule has 0 saturated heterocycles. The smallest absolute Gasteiger partial charge is 0.344 e. The average Bonchev–Trinajstić information content (AvgIpc) is 2.60. The molecule has 0 spiro atoms. The number of hydrogen-bond acceptors (Lipinski definition) is 5. The van der Waals surface area contributed by atoms with Crippen molar-refractivity contribution in [3.8, 4) is 11.5 Å². The molecule has 0 unspecified atom stereocenters. The van der Waals surface area contributed by atoms with Crippen molar-refractivity contribution in [2.75, 3.05) is 7.11 Å². The normalized spacial score (nSPS) is 11.6. The molecule has 0 aliphatic carbocycles. The van der Waals surface area contributed by atoms with Crippen molar-refractivity contribution in [2.24, 2.45) is 0 Å². The van der Waals surface area contributed by atoms with Crippen molar-refractivity contribution in [1.29, 1.82) is 0 Å². The van der Waals surface area contributed by atoms with E-state index in [4.69, 9.17) is 13.9 Å². The Balaban J connectivity index is 2.25. The second-order valence-corrected chi connectivity index (χ2v) is 6.75. The molecule has 27 heavy (non-hydrogen) atoms. The van der Waals surface area contributed by atoms with Gasteiger partial charge >= 0.3 is 5.63 Å². The van der Waals surface area contributed by atoms with Crippen LogP contribution in [-0.4, -0.2) is 18.2 Å². The number of H-pyrrole nitrogens is 1. The van der Waals surface area contributed by atoms with Crippen LogP contribution in [0.1, 0.15) is 19.4 Å². The standard InChI is InChI=1S/C21H19NO5/c1-10(2)26-15-8-7-14-18(20(15)25-4)12-5-6-13-17(19(12)21(24)27-14)11(3)9-16(23)22-13/h5-10H,1-4H3,(H,22,23). The molecule has 2 aromatic heterocycles. The molecule has 0 fully saturated rings. The van der Waals surface area contributed by atoms with Gasteiger partial charge in [0.05, 0.1) is 24.0 Å². The van der Waals surface area contributed by atoms with Crippen LogP contribution in [0, 0.1) is 6.92 Å². The lowest BCUT2D eigenvalue weighted by Gasteiger charge is -2.16. The summed E-state index contributed by atoms with van der Waals surface area (Å²) in [7, 11) is 1.56. The Morgan fingerprint density at radius 1 is 1.04 bits per heavy atom. The molecule has 0 radical (unpaired) electrons. The van der Waals surface area contributed by atoms with Gasteiger partial charge in [0, 0.05) is 22.4 Å². The van der Waals surface area contributed by atoms with Crippen molar-refractivity contribution in [3.63, 3.8) is 0 Å². The molecule has 1 N–H and O–H groups in total. The maximum Gasteiger partial charge on any atom is 0.344 e. The van der Waals surface area contributed by atoms with E-state index in [0.717, 1.165) is 0 Å². The van der Waals surface area contributed by atoms with Gasteiger partial charge in [-0.15, -0.1) is 0 Å². The minimum Gasteiger partial charge on any atom is -0.492 e. The van der Waals surface area contributed by atoms with E-state index in [0.29, 0.717) is 49.7 Å². The molecular formula is C21H19NO5. The molecule has 6 heteroatoms. The van der Waals surface area contributed by atoms with Crippen LogP contribution in [0.4, 0.5) is 0 Å². The van der Waals surface area contributed by atoms with Gasteiger partial charge in [0.25, 0.3) is 0 Å². The lowest BCUT2D eigenvalue weighted by molar-refractivity contribution is 0.231. The maximum atomic E-state index is 12.8. The minimum absolute atomic E-state index is 0.0357. The largest absolute Gasteiger partial charge is 0.492 e. The van der Waals surface area contributed by atoms with Crippen molar-refractivity contribution in [1.82, 2.24) is 4.98 Å². The molecular weight excluding hydrogens is 346 g/mol. The molecule has 2 heterocycles. The Morgan fingerprint density at radius 3 is 2.52 bits per heavy atom. The van der Waals surface area contributed by atoms with E-state index in [1.807, 2.05) is 13.8 Å². The van der Waals surface area contributed by atoms with E-state index < -0.39 is 5.63 Å². The highest BCUT2D eigenvalue weighted by molar-refractivity contribution is 6.17. The molecule has 0 saturated carbocycles. The number of fused-ring (bicyclic) bond motifs is 5. The van der Waals surface area contributed by atoms with Gasteiger partial charge in [0.1, 0.15) is 5.58 Å². The Morgan fingerprint density at radius 2 is 1.81 bits per heavy atom. The van der Waals surface area contributed by atoms with E-state index in [1.54, 1.807) is 38.3 Å². The number of rotatable bonds is 3. The van der Waals surface area contributed by atoms with Crippen molar-refractivity contribution in [3.05, 3.63) is 56.7 Å². The summed E-state index contributed by atoms with van der Waals surface area (Å²) < 4.78 is 17.1. The highest BCUT2D eigenvalue weighted by Crippen LogP contribution is 2.40. The molecule has 0 aliphatic heterocycles. The first-order valence-electron chi connectivity index (χ1n) is 8.67. The molecule has 2 aromatic carbocycles. The lowest BCUT2D eigenvalue weighted by Crippen LogP contribution is -2.09. The molecule has 4 aromatic rings. The number of aromatic amines is 1. The van der Waals surface area contributed by atoms with Gasteiger partial charge < -0.3 is 18.9 Å². The van der Waals surface area contributed by atoms with Gasteiger partial charge in [-0.25, -0.2) is 4.79 Å². The van der Waals surface area contributed by atoms with Crippen molar-refractivity contribution in [2.45, 2.75) is 26.9 Å². The fourth-order valence-corrected chi connectivity index (χ4v) is 3.56. The number of methoxy groups -OCH3 is 1. The van der Waals surface area contributed by atoms with Crippen LogP contribution in [0.2, 0.25) is 0 Å². The first kappa shape index (κ1) is 17.1. The van der Waals surface area contributed by atoms with E-state index in [9.17, 15) is 9.59 Å². The van der Waals surface area contributed by atoms with Crippen LogP contribution in [-0.2, 0) is 0 Å². The summed E-state index contributed by atoms with van der Waals surface area (Å²) in [6.07, 6.45) is -0.0357. The molecule has 0 atom stereocenters. The highest BCUT2D eigenvalue weighted by Gasteiger charge is 2.19. The Labute approximate surface area is 154 Å². The van der Waals surface area contributed by atoms with E-state index in [2.05, 4.69) is 4.98 Å². The van der Waals surface area contributed by atoms with Gasteiger partial charge in [0.15, 0.2) is 11.5 Å². The number of nitrogens with one attached hydrogen (secondary N) is 1. The van der Waals surface area contributed by atoms with E-state index in [-0.39, 0.29) is 11.7 Å². The van der Waals surface area contributed by atoms with Crippen molar-refractivity contribution >= 4 is 32.6 Å². The van der Waals surface area contributed by atoms with E-state index in [1.165, 1.54) is 6.07 Å². The van der Waals surface area contributed by atoms with E-state index >= 15 is 0 Å². The lowest BCUT2D eigenvalue weighted by atomic mass is 10.00. The summed E-state index contributed by atoms with van der Waals surface area (Å²) in [6.45, 7) is 5.66. The fraction of sp³-hybridized carbons (Fsp3) is 0.238.